The SMILES string of the molecule is O=C(CCC(F)(F)F)Nc1cccc(C(=O)O)c1O. The highest BCUT2D eigenvalue weighted by Crippen LogP contribution is 2.28. The Balaban J connectivity index is 2.75. The lowest BCUT2D eigenvalue weighted by molar-refractivity contribution is -0.142. The van der Waals surface area contributed by atoms with E-state index in [1.807, 2.05) is 5.32 Å². The number of alkyl halides is 3. The molecule has 0 radical (unpaired) electrons. The molecule has 3 N–H and O–H groups in total. The van der Waals surface area contributed by atoms with Gasteiger partial charge in [0, 0.05) is 6.42 Å². The molecular weight excluding hydrogens is 267 g/mol. The number of hydrogen-bond acceptors (Lipinski definition) is 3. The van der Waals surface area contributed by atoms with Crippen LogP contribution in [0.5, 0.6) is 5.75 Å². The minimum absolute atomic E-state index is 0.243. The van der Waals surface area contributed by atoms with Gasteiger partial charge in [-0.1, -0.05) is 6.07 Å². The van der Waals surface area contributed by atoms with Crippen LogP contribution in [-0.2, 0) is 4.79 Å². The number of benzene rings is 1. The molecule has 0 aliphatic rings. The van der Waals surface area contributed by atoms with Crippen molar-refractivity contribution < 1.29 is 33.0 Å². The van der Waals surface area contributed by atoms with Crippen LogP contribution in [0.1, 0.15) is 23.2 Å². The van der Waals surface area contributed by atoms with Gasteiger partial charge >= 0.3 is 12.1 Å². The van der Waals surface area contributed by atoms with Crippen molar-refractivity contribution in [3.05, 3.63) is 23.8 Å². The summed E-state index contributed by atoms with van der Waals surface area (Å²) in [4.78, 5) is 21.9. The highest BCUT2D eigenvalue weighted by atomic mass is 19.4. The van der Waals surface area contributed by atoms with E-state index in [1.54, 1.807) is 0 Å². The number of carboxylic acids is 1. The summed E-state index contributed by atoms with van der Waals surface area (Å²) in [6.07, 6.45) is -6.55. The molecule has 19 heavy (non-hydrogen) atoms. The molecule has 5 nitrogen and oxygen atoms in total. The van der Waals surface area contributed by atoms with Crippen LogP contribution in [0.4, 0.5) is 18.9 Å². The van der Waals surface area contributed by atoms with Gasteiger partial charge in [0.05, 0.1) is 12.1 Å². The maximum absolute atomic E-state index is 11.9. The maximum Gasteiger partial charge on any atom is 0.389 e. The number of nitrogens with one attached hydrogen (secondary N) is 1. The topological polar surface area (TPSA) is 86.6 Å². The van der Waals surface area contributed by atoms with Crippen molar-refractivity contribution in [2.24, 2.45) is 0 Å². The van der Waals surface area contributed by atoms with Gasteiger partial charge < -0.3 is 15.5 Å². The van der Waals surface area contributed by atoms with E-state index >= 15 is 0 Å². The number of hydrogen-bond donors (Lipinski definition) is 3. The summed E-state index contributed by atoms with van der Waals surface area (Å²) in [5, 5.41) is 20.3. The number of rotatable bonds is 4. The van der Waals surface area contributed by atoms with E-state index < -0.39 is 42.2 Å². The molecule has 1 rings (SSSR count). The number of anilines is 1. The van der Waals surface area contributed by atoms with Crippen LogP contribution in [0.25, 0.3) is 0 Å². The van der Waals surface area contributed by atoms with Crippen molar-refractivity contribution >= 4 is 17.6 Å². The molecule has 0 spiro atoms. The third-order valence-corrected chi connectivity index (χ3v) is 2.18. The monoisotopic (exact) mass is 277 g/mol. The summed E-state index contributed by atoms with van der Waals surface area (Å²) in [5.74, 6) is -3.07. The molecule has 1 aromatic rings. The zero-order valence-corrected chi connectivity index (χ0v) is 9.49. The molecule has 1 aromatic carbocycles. The first-order valence-corrected chi connectivity index (χ1v) is 5.12. The predicted octanol–water partition coefficient (Wildman–Crippen LogP) is 2.37. The van der Waals surface area contributed by atoms with E-state index in [2.05, 4.69) is 0 Å². The van der Waals surface area contributed by atoms with Gasteiger partial charge in [0.1, 0.15) is 5.56 Å². The molecule has 0 fully saturated rings. The molecule has 8 heteroatoms. The lowest BCUT2D eigenvalue weighted by atomic mass is 10.1. The molecule has 0 saturated carbocycles. The number of phenols is 1. The Morgan fingerprint density at radius 3 is 2.42 bits per heavy atom. The number of para-hydroxylation sites is 1. The van der Waals surface area contributed by atoms with Crippen LogP contribution in [0.15, 0.2) is 18.2 Å². The zero-order chi connectivity index (χ0) is 14.6. The van der Waals surface area contributed by atoms with Crippen LogP contribution in [0.3, 0.4) is 0 Å². The molecule has 0 aliphatic carbocycles. The highest BCUT2D eigenvalue weighted by Gasteiger charge is 2.28. The second kappa shape index (κ2) is 5.59. The Morgan fingerprint density at radius 1 is 1.26 bits per heavy atom. The molecule has 104 valence electrons. The van der Waals surface area contributed by atoms with E-state index in [9.17, 15) is 27.9 Å². The average molecular weight is 277 g/mol. The smallest absolute Gasteiger partial charge is 0.389 e. The molecule has 0 atom stereocenters. The normalized spacial score (nSPS) is 11.1. The maximum atomic E-state index is 11.9. The second-order valence-corrected chi connectivity index (χ2v) is 3.67. The lowest BCUT2D eigenvalue weighted by Crippen LogP contribution is -2.16. The number of aromatic carboxylic acids is 1. The Hall–Kier alpha value is -2.25. The number of aromatic hydroxyl groups is 1. The van der Waals surface area contributed by atoms with Crippen molar-refractivity contribution in [2.45, 2.75) is 19.0 Å². The molecule has 0 aliphatic heterocycles. The molecular formula is C11H10F3NO4. The van der Waals surface area contributed by atoms with Gasteiger partial charge in [0.25, 0.3) is 0 Å². The first-order valence-electron chi connectivity index (χ1n) is 5.12. The second-order valence-electron chi connectivity index (χ2n) is 3.67. The van der Waals surface area contributed by atoms with Crippen LogP contribution in [0, 0.1) is 0 Å². The number of halogens is 3. The number of carboxylic acid groups (broad SMARTS) is 1. The minimum Gasteiger partial charge on any atom is -0.505 e. The summed E-state index contributed by atoms with van der Waals surface area (Å²) in [6, 6.07) is 3.54. The van der Waals surface area contributed by atoms with Crippen LogP contribution >= 0.6 is 0 Å². The third-order valence-electron chi connectivity index (χ3n) is 2.18. The highest BCUT2D eigenvalue weighted by molar-refractivity contribution is 5.97. The van der Waals surface area contributed by atoms with E-state index in [-0.39, 0.29) is 5.69 Å². The predicted molar refractivity (Wildman–Crippen MR) is 59.0 cm³/mol. The molecule has 0 aromatic heterocycles. The fourth-order valence-electron chi connectivity index (χ4n) is 1.28. The summed E-state index contributed by atoms with van der Waals surface area (Å²) >= 11 is 0. The van der Waals surface area contributed by atoms with Crippen molar-refractivity contribution in [3.8, 4) is 5.75 Å². The lowest BCUT2D eigenvalue weighted by Gasteiger charge is -2.10. The van der Waals surface area contributed by atoms with E-state index in [1.165, 1.54) is 12.1 Å². The van der Waals surface area contributed by atoms with Crippen molar-refractivity contribution in [1.29, 1.82) is 0 Å². The number of amides is 1. The van der Waals surface area contributed by atoms with E-state index in [4.69, 9.17) is 5.11 Å². The summed E-state index contributed by atoms with van der Waals surface area (Å²) in [6.45, 7) is 0. The summed E-state index contributed by atoms with van der Waals surface area (Å²) in [7, 11) is 0. The zero-order valence-electron chi connectivity index (χ0n) is 9.49. The largest absolute Gasteiger partial charge is 0.505 e. The Kier molecular flexibility index (Phi) is 4.36. The first-order chi connectivity index (χ1) is 8.70. The fraction of sp³-hybridized carbons (Fsp3) is 0.273. The van der Waals surface area contributed by atoms with Crippen LogP contribution < -0.4 is 5.32 Å². The Labute approximate surface area is 105 Å². The van der Waals surface area contributed by atoms with E-state index in [0.29, 0.717) is 0 Å². The molecule has 0 heterocycles. The van der Waals surface area contributed by atoms with Crippen molar-refractivity contribution in [2.75, 3.05) is 5.32 Å². The van der Waals surface area contributed by atoms with Gasteiger partial charge in [-0.25, -0.2) is 4.79 Å². The van der Waals surface area contributed by atoms with Crippen molar-refractivity contribution in [1.82, 2.24) is 0 Å². The molecule has 0 bridgehead atoms. The van der Waals surface area contributed by atoms with Crippen LogP contribution in [0.2, 0.25) is 0 Å². The van der Waals surface area contributed by atoms with E-state index in [0.717, 1.165) is 6.07 Å². The summed E-state index contributed by atoms with van der Waals surface area (Å²) in [5.41, 5.74) is -0.694. The molecule has 0 unspecified atom stereocenters. The van der Waals surface area contributed by atoms with Gasteiger partial charge in [-0.05, 0) is 12.1 Å². The van der Waals surface area contributed by atoms with Crippen molar-refractivity contribution in [3.63, 3.8) is 0 Å². The molecule has 1 amide bonds. The standard InChI is InChI=1S/C11H10F3NO4/c12-11(13,14)5-4-8(16)15-7-3-1-2-6(9(7)17)10(18)19/h1-3,17H,4-5H2,(H,15,16)(H,18,19). The van der Waals surface area contributed by atoms with Gasteiger partial charge in [-0.15, -0.1) is 0 Å². The number of carbonyl (C=O) groups excluding carboxylic acids is 1. The van der Waals surface area contributed by atoms with Gasteiger partial charge in [0.15, 0.2) is 5.75 Å². The number of carbonyl (C=O) groups is 2. The quantitative estimate of drug-likeness (QED) is 0.737. The van der Waals surface area contributed by atoms with Gasteiger partial charge in [-0.2, -0.15) is 13.2 Å². The average Bonchev–Trinajstić information content (AvgIpc) is 2.28. The minimum atomic E-state index is -4.46. The Bertz CT molecular complexity index is 499. The van der Waals surface area contributed by atoms with Gasteiger partial charge in [-0.3, -0.25) is 4.79 Å². The summed E-state index contributed by atoms with van der Waals surface area (Å²) < 4.78 is 35.7. The Morgan fingerprint density at radius 2 is 1.89 bits per heavy atom. The fourth-order valence-corrected chi connectivity index (χ4v) is 1.28. The first kappa shape index (κ1) is 14.8. The molecule has 0 saturated heterocycles. The van der Waals surface area contributed by atoms with Crippen LogP contribution in [-0.4, -0.2) is 28.3 Å². The van der Waals surface area contributed by atoms with Gasteiger partial charge in [0.2, 0.25) is 5.91 Å². The third kappa shape index (κ3) is 4.49.